The lowest BCUT2D eigenvalue weighted by atomic mass is 10.0. The topological polar surface area (TPSA) is 0 Å². The molecule has 0 radical (unpaired) electrons. The normalized spacial score (nSPS) is 10.3. The largest absolute Gasteiger partial charge is 0.0808 e. The maximum atomic E-state index is 2.19. The SMILES string of the molecule is C1=CCC=C1.CC.CC.CC.CC.CC(C)(C)C.CC(C)(C)C.CC(C)(C)C.CC(C)(C)C.CC(C)(C)C.CC(C)(C)C.CC(C)(C)C.CC(C)C.c1ccc2ccccc2c1.c1ccccc1.c1ccccc1. The molecule has 0 spiro atoms. The second-order valence-corrected chi connectivity index (χ2v) is 28.5. The number of hydrogen-bond donors (Lipinski definition) is 0. The van der Waals surface area contributed by atoms with Crippen LogP contribution in [-0.4, -0.2) is 0 Å². The van der Waals surface area contributed by atoms with Gasteiger partial charge >= 0.3 is 0 Å². The first-order chi connectivity index (χ1) is 33.2. The molecule has 0 saturated heterocycles. The number of rotatable bonds is 0. The van der Waals surface area contributed by atoms with E-state index >= 15 is 0 Å². The van der Waals surface area contributed by atoms with Gasteiger partial charge in [0.1, 0.15) is 0 Å². The van der Waals surface area contributed by atoms with E-state index in [0.29, 0.717) is 37.9 Å². The van der Waals surface area contributed by atoms with Crippen LogP contribution in [0.1, 0.15) is 276 Å². The van der Waals surface area contributed by atoms with Crippen molar-refractivity contribution in [2.45, 2.75) is 276 Å². The lowest BCUT2D eigenvalue weighted by Gasteiger charge is -2.05. The minimum absolute atomic E-state index is 0.500. The fraction of sp³-hybridized carbons (Fsp3) is 0.649. The Morgan fingerprint density at radius 1 is 0.230 bits per heavy atom. The van der Waals surface area contributed by atoms with Crippen LogP contribution in [0.25, 0.3) is 10.8 Å². The number of fused-ring (bicyclic) bond motifs is 1. The highest BCUT2D eigenvalue weighted by Crippen LogP contribution is 2.12. The standard InChI is InChI=1S/C10H8.2C6H6.C5H6.7C5H12.C4H10.4C2H6/c1-2-6-10-8-4-3-7-9(10)5-1;2*1-2-4-6-5-3-1;1-2-4-5-3-1;7*1-5(2,3)4;1-4(2)3;4*1-2/h1-8H;2*1-6H;1-4H,5H2;7*1-4H3;4H,1-3H3;4*1-2H3. The minimum Gasteiger partial charge on any atom is -0.0808 e. The summed E-state index contributed by atoms with van der Waals surface area (Å²) in [5.41, 5.74) is 3.50. The zero-order valence-electron chi connectivity index (χ0n) is 58.6. The molecule has 1 aliphatic rings. The summed E-state index contributed by atoms with van der Waals surface area (Å²) >= 11 is 0. The third kappa shape index (κ3) is 314. The molecule has 0 aliphatic heterocycles. The third-order valence-electron chi connectivity index (χ3n) is 3.65. The smallest absolute Gasteiger partial charge is 0.0163 e. The lowest BCUT2D eigenvalue weighted by molar-refractivity contribution is 0.469. The molecule has 0 fully saturated rings. The molecule has 0 heteroatoms. The van der Waals surface area contributed by atoms with Gasteiger partial charge in [-0.3, -0.25) is 0 Å². The van der Waals surface area contributed by atoms with E-state index in [0.717, 1.165) is 12.3 Å². The van der Waals surface area contributed by atoms with Gasteiger partial charge in [-0.15, -0.1) is 0 Å². The maximum absolute atomic E-state index is 2.19. The van der Waals surface area contributed by atoms with E-state index in [9.17, 15) is 0 Å². The van der Waals surface area contributed by atoms with Crippen LogP contribution in [0.2, 0.25) is 0 Å². The first-order valence-electron chi connectivity index (χ1n) is 29.0. The molecule has 0 saturated carbocycles. The molecule has 74 heavy (non-hydrogen) atoms. The van der Waals surface area contributed by atoms with Crippen molar-refractivity contribution in [1.82, 2.24) is 0 Å². The summed E-state index contributed by atoms with van der Waals surface area (Å²) in [5.74, 6) is 0.833. The molecule has 0 N–H and O–H groups in total. The van der Waals surface area contributed by atoms with E-state index < -0.39 is 0 Å². The van der Waals surface area contributed by atoms with Gasteiger partial charge < -0.3 is 0 Å². The Balaban J connectivity index is -0.0000000648. The second kappa shape index (κ2) is 62.2. The molecular weight excluding hydrogens is 889 g/mol. The van der Waals surface area contributed by atoms with Gasteiger partial charge in [-0.05, 0) is 61.0 Å². The minimum atomic E-state index is 0.500. The Kier molecular flexibility index (Phi) is 80.9. The van der Waals surface area contributed by atoms with Crippen molar-refractivity contribution >= 4 is 10.8 Å². The molecule has 5 rings (SSSR count). The van der Waals surface area contributed by atoms with Gasteiger partial charge in [0.05, 0.1) is 0 Å². The predicted octanol–water partition coefficient (Wildman–Crippen LogP) is 27.8. The van der Waals surface area contributed by atoms with Crippen molar-refractivity contribution in [2.75, 3.05) is 0 Å². The quantitative estimate of drug-likeness (QED) is 0.165. The van der Waals surface area contributed by atoms with Gasteiger partial charge in [-0.2, -0.15) is 0 Å². The molecule has 0 nitrogen and oxygen atoms in total. The Bertz CT molecular complexity index is 1230. The predicted molar refractivity (Wildman–Crippen MR) is 362 cm³/mol. The highest BCUT2D eigenvalue weighted by molar-refractivity contribution is 5.82. The third-order valence-corrected chi connectivity index (χ3v) is 3.65. The summed E-state index contributed by atoms with van der Waals surface area (Å²) < 4.78 is 0. The molecule has 0 unspecified atom stereocenters. The van der Waals surface area contributed by atoms with Crippen molar-refractivity contribution in [2.24, 2.45) is 43.8 Å². The number of benzene rings is 4. The molecule has 0 aromatic heterocycles. The van der Waals surface area contributed by atoms with Crippen molar-refractivity contribution < 1.29 is 0 Å². The van der Waals surface area contributed by atoms with E-state index in [4.69, 9.17) is 0 Å². The van der Waals surface area contributed by atoms with Crippen molar-refractivity contribution in [3.05, 3.63) is 146 Å². The molecular formula is C74H144. The molecule has 4 aromatic carbocycles. The number of hydrogen-bond acceptors (Lipinski definition) is 0. The summed E-state index contributed by atoms with van der Waals surface area (Å²) in [6.07, 6.45) is 9.50. The summed E-state index contributed by atoms with van der Waals surface area (Å²) in [6, 6.07) is 40.7. The first-order valence-corrected chi connectivity index (χ1v) is 29.0. The average Bonchev–Trinajstić information content (AvgIpc) is 3.82. The van der Waals surface area contributed by atoms with Crippen molar-refractivity contribution in [3.63, 3.8) is 0 Å². The van der Waals surface area contributed by atoms with E-state index in [1.165, 1.54) is 10.8 Å². The molecule has 0 amide bonds. The van der Waals surface area contributed by atoms with Crippen LogP contribution in [0.15, 0.2) is 146 Å². The molecule has 0 atom stereocenters. The zero-order valence-corrected chi connectivity index (χ0v) is 58.6. The van der Waals surface area contributed by atoms with Crippen LogP contribution < -0.4 is 0 Å². The fourth-order valence-corrected chi connectivity index (χ4v) is 2.30. The van der Waals surface area contributed by atoms with Gasteiger partial charge in [0.2, 0.25) is 0 Å². The average molecular weight is 1030 g/mol. The van der Waals surface area contributed by atoms with Gasteiger partial charge in [0.15, 0.2) is 0 Å². The Labute approximate surface area is 474 Å². The van der Waals surface area contributed by atoms with E-state index in [1.807, 2.05) is 128 Å². The first kappa shape index (κ1) is 96.3. The maximum Gasteiger partial charge on any atom is -0.0163 e. The van der Waals surface area contributed by atoms with E-state index in [-0.39, 0.29) is 0 Å². The molecule has 0 heterocycles. The van der Waals surface area contributed by atoms with Gasteiger partial charge in [-0.25, -0.2) is 0 Å². The summed E-state index contributed by atoms with van der Waals surface area (Å²) in [4.78, 5) is 0. The summed E-state index contributed by atoms with van der Waals surface area (Å²) in [7, 11) is 0. The van der Waals surface area contributed by atoms with Crippen LogP contribution in [0, 0.1) is 43.8 Å². The van der Waals surface area contributed by atoms with Crippen molar-refractivity contribution in [3.8, 4) is 0 Å². The second-order valence-electron chi connectivity index (χ2n) is 28.5. The Morgan fingerprint density at radius 3 is 0.392 bits per heavy atom. The van der Waals surface area contributed by atoms with Gasteiger partial charge in [0, 0.05) is 0 Å². The highest BCUT2D eigenvalue weighted by atomic mass is 14.0. The van der Waals surface area contributed by atoms with Crippen LogP contribution in [0.4, 0.5) is 0 Å². The molecule has 440 valence electrons. The van der Waals surface area contributed by atoms with Crippen LogP contribution >= 0.6 is 0 Å². The van der Waals surface area contributed by atoms with Crippen LogP contribution in [-0.2, 0) is 0 Å². The monoisotopic (exact) mass is 1030 g/mol. The molecule has 1 aliphatic carbocycles. The molecule has 0 bridgehead atoms. The van der Waals surface area contributed by atoms with Crippen LogP contribution in [0.5, 0.6) is 0 Å². The zero-order chi connectivity index (χ0) is 61.9. The van der Waals surface area contributed by atoms with Crippen LogP contribution in [0.3, 0.4) is 0 Å². The highest BCUT2D eigenvalue weighted by Gasteiger charge is 1.98. The van der Waals surface area contributed by atoms with Gasteiger partial charge in [0.25, 0.3) is 0 Å². The molecule has 4 aromatic rings. The van der Waals surface area contributed by atoms with Crippen molar-refractivity contribution in [1.29, 1.82) is 0 Å². The van der Waals surface area contributed by atoms with E-state index in [1.54, 1.807) is 0 Å². The lowest BCUT2D eigenvalue weighted by Crippen LogP contribution is -1.93. The summed E-state index contributed by atoms with van der Waals surface area (Å²) in [6.45, 7) is 83.8. The Hall–Kier alpha value is -3.38. The Morgan fingerprint density at radius 2 is 0.324 bits per heavy atom. The number of allylic oxidation sites excluding steroid dienone is 4. The van der Waals surface area contributed by atoms with E-state index in [2.05, 4.69) is 287 Å². The fourth-order valence-electron chi connectivity index (χ4n) is 2.30. The summed E-state index contributed by atoms with van der Waals surface area (Å²) in [5, 5.41) is 2.62. The van der Waals surface area contributed by atoms with Gasteiger partial charge in [-0.1, -0.05) is 416 Å².